The number of hydrogen-bond donors (Lipinski definition) is 1. The first kappa shape index (κ1) is 23.7. The van der Waals surface area contributed by atoms with Crippen LogP contribution in [-0.2, 0) is 6.42 Å². The molecule has 1 aromatic heterocycles. The van der Waals surface area contributed by atoms with Crippen LogP contribution < -0.4 is 15.0 Å². The van der Waals surface area contributed by atoms with Crippen LogP contribution in [-0.4, -0.2) is 62.7 Å². The number of nitrogens with zero attached hydrogens (tertiary/aromatic N) is 4. The monoisotopic (exact) mass is 529 g/mol. The Morgan fingerprint density at radius 1 is 1.21 bits per heavy atom. The Bertz CT molecular complexity index is 770. The van der Waals surface area contributed by atoms with E-state index in [2.05, 4.69) is 51.5 Å². The number of halogens is 1. The van der Waals surface area contributed by atoms with Crippen molar-refractivity contribution in [1.82, 2.24) is 15.2 Å². The van der Waals surface area contributed by atoms with Crippen LogP contribution in [0.3, 0.4) is 0 Å². The molecule has 2 aromatic rings. The number of guanidine groups is 1. The Morgan fingerprint density at radius 3 is 2.45 bits per heavy atom. The Hall–Kier alpha value is -1.55. The summed E-state index contributed by atoms with van der Waals surface area (Å²) in [6.07, 6.45) is 0.925. The van der Waals surface area contributed by atoms with E-state index < -0.39 is 0 Å². The van der Waals surface area contributed by atoms with Gasteiger partial charge in [-0.2, -0.15) is 0 Å². The number of aromatic nitrogens is 1. The molecule has 1 saturated heterocycles. The Balaban J connectivity index is 0.00000300. The topological polar surface area (TPSA) is 53.0 Å². The summed E-state index contributed by atoms with van der Waals surface area (Å²) in [4.78, 5) is 13.9. The van der Waals surface area contributed by atoms with E-state index in [0.717, 1.165) is 50.9 Å². The van der Waals surface area contributed by atoms with Crippen LogP contribution in [0.4, 0.5) is 5.69 Å². The molecular formula is C21H32IN5OS. The average molecular weight is 529 g/mol. The van der Waals surface area contributed by atoms with E-state index in [4.69, 9.17) is 9.72 Å². The van der Waals surface area contributed by atoms with Crippen LogP contribution in [0.25, 0.3) is 0 Å². The molecule has 1 aromatic carbocycles. The fraction of sp³-hybridized carbons (Fsp3) is 0.524. The molecule has 1 fully saturated rings. The van der Waals surface area contributed by atoms with Crippen molar-refractivity contribution in [2.75, 3.05) is 51.8 Å². The summed E-state index contributed by atoms with van der Waals surface area (Å²) in [5.74, 6) is 2.38. The number of thiazole rings is 1. The van der Waals surface area contributed by atoms with Crippen molar-refractivity contribution in [1.29, 1.82) is 0 Å². The first-order valence-corrected chi connectivity index (χ1v) is 10.8. The van der Waals surface area contributed by atoms with E-state index in [1.807, 2.05) is 19.2 Å². The zero-order valence-electron chi connectivity index (χ0n) is 17.7. The molecule has 0 saturated carbocycles. The van der Waals surface area contributed by atoms with Gasteiger partial charge >= 0.3 is 0 Å². The largest absolute Gasteiger partial charge is 0.497 e. The molecular weight excluding hydrogens is 497 g/mol. The lowest BCUT2D eigenvalue weighted by Gasteiger charge is -2.37. The maximum atomic E-state index is 5.25. The predicted octanol–water partition coefficient (Wildman–Crippen LogP) is 3.83. The molecule has 0 amide bonds. The maximum Gasteiger partial charge on any atom is 0.193 e. The molecule has 0 bridgehead atoms. The molecule has 0 radical (unpaired) electrons. The second-order valence-corrected chi connectivity index (χ2v) is 8.12. The second kappa shape index (κ2) is 11.6. The molecule has 1 N–H and O–H groups in total. The number of rotatable bonds is 6. The van der Waals surface area contributed by atoms with Gasteiger partial charge in [0.05, 0.1) is 17.8 Å². The summed E-state index contributed by atoms with van der Waals surface area (Å²) < 4.78 is 5.25. The van der Waals surface area contributed by atoms with Gasteiger partial charge in [-0.05, 0) is 24.3 Å². The molecule has 0 unspecified atom stereocenters. The van der Waals surface area contributed by atoms with Crippen LogP contribution in [0.1, 0.15) is 30.5 Å². The summed E-state index contributed by atoms with van der Waals surface area (Å²) in [7, 11) is 3.56. The minimum atomic E-state index is 0. The maximum absolute atomic E-state index is 5.25. The lowest BCUT2D eigenvalue weighted by Crippen LogP contribution is -2.52. The van der Waals surface area contributed by atoms with Crippen LogP contribution in [0, 0.1) is 0 Å². The SMILES string of the molecule is CN=C(NCCc1csc(C(C)C)n1)N1CCN(c2ccc(OC)cc2)CC1.I. The fourth-order valence-corrected chi connectivity index (χ4v) is 4.18. The molecule has 3 rings (SSSR count). The van der Waals surface area contributed by atoms with Crippen LogP contribution in [0.5, 0.6) is 5.75 Å². The van der Waals surface area contributed by atoms with Gasteiger partial charge in [0.15, 0.2) is 5.96 Å². The van der Waals surface area contributed by atoms with Crippen LogP contribution >= 0.6 is 35.3 Å². The number of anilines is 1. The molecule has 1 aliphatic heterocycles. The normalized spacial score (nSPS) is 14.7. The molecule has 0 spiro atoms. The number of hydrogen-bond acceptors (Lipinski definition) is 5. The van der Waals surface area contributed by atoms with Gasteiger partial charge in [-0.1, -0.05) is 13.8 Å². The van der Waals surface area contributed by atoms with Crippen molar-refractivity contribution in [2.24, 2.45) is 4.99 Å². The number of aliphatic imine (C=N–C) groups is 1. The van der Waals surface area contributed by atoms with Crippen LogP contribution in [0.15, 0.2) is 34.6 Å². The van der Waals surface area contributed by atoms with Crippen molar-refractivity contribution in [3.05, 3.63) is 40.3 Å². The molecule has 0 atom stereocenters. The van der Waals surface area contributed by atoms with E-state index in [1.54, 1.807) is 18.4 Å². The van der Waals surface area contributed by atoms with Crippen molar-refractivity contribution in [2.45, 2.75) is 26.2 Å². The Labute approximate surface area is 195 Å². The lowest BCUT2D eigenvalue weighted by molar-refractivity contribution is 0.372. The summed E-state index contributed by atoms with van der Waals surface area (Å²) in [6.45, 7) is 9.11. The molecule has 6 nitrogen and oxygen atoms in total. The number of nitrogens with one attached hydrogen (secondary N) is 1. The van der Waals surface area contributed by atoms with Gasteiger partial charge in [-0.15, -0.1) is 35.3 Å². The van der Waals surface area contributed by atoms with Gasteiger partial charge in [-0.25, -0.2) is 4.98 Å². The van der Waals surface area contributed by atoms with E-state index in [1.165, 1.54) is 16.4 Å². The molecule has 29 heavy (non-hydrogen) atoms. The highest BCUT2D eigenvalue weighted by Crippen LogP contribution is 2.21. The summed E-state index contributed by atoms with van der Waals surface area (Å²) in [5, 5.41) is 6.89. The number of benzene rings is 1. The summed E-state index contributed by atoms with van der Waals surface area (Å²) in [6, 6.07) is 8.29. The van der Waals surface area contributed by atoms with Gasteiger partial charge in [0.1, 0.15) is 5.75 Å². The number of piperazine rings is 1. The van der Waals surface area contributed by atoms with Gasteiger partial charge in [-0.3, -0.25) is 4.99 Å². The number of methoxy groups -OCH3 is 1. The molecule has 8 heteroatoms. The van der Waals surface area contributed by atoms with E-state index >= 15 is 0 Å². The molecule has 1 aliphatic rings. The van der Waals surface area contributed by atoms with Gasteiger partial charge in [0, 0.05) is 63.2 Å². The zero-order valence-corrected chi connectivity index (χ0v) is 20.9. The first-order valence-electron chi connectivity index (χ1n) is 9.89. The summed E-state index contributed by atoms with van der Waals surface area (Å²) >= 11 is 1.76. The standard InChI is InChI=1S/C21H31N5OS.HI/c1-16(2)20-24-17(15-28-20)9-10-23-21(22-3)26-13-11-25(12-14-26)18-5-7-19(27-4)8-6-18;/h5-8,15-16H,9-14H2,1-4H3,(H,22,23);1H. The van der Waals surface area contributed by atoms with Crippen molar-refractivity contribution >= 4 is 47.0 Å². The minimum Gasteiger partial charge on any atom is -0.497 e. The Kier molecular flexibility index (Phi) is 9.48. The quantitative estimate of drug-likeness (QED) is 0.350. The highest BCUT2D eigenvalue weighted by molar-refractivity contribution is 14.0. The van der Waals surface area contributed by atoms with Crippen molar-refractivity contribution in [3.8, 4) is 5.75 Å². The van der Waals surface area contributed by atoms with Gasteiger partial charge in [0.25, 0.3) is 0 Å². The van der Waals surface area contributed by atoms with E-state index in [9.17, 15) is 0 Å². The average Bonchev–Trinajstić information content (AvgIpc) is 3.21. The first-order chi connectivity index (χ1) is 13.6. The predicted molar refractivity (Wildman–Crippen MR) is 133 cm³/mol. The third-order valence-corrected chi connectivity index (χ3v) is 6.15. The number of ether oxygens (including phenoxy) is 1. The highest BCUT2D eigenvalue weighted by atomic mass is 127. The minimum absolute atomic E-state index is 0. The van der Waals surface area contributed by atoms with E-state index in [0.29, 0.717) is 5.92 Å². The van der Waals surface area contributed by atoms with Crippen molar-refractivity contribution in [3.63, 3.8) is 0 Å². The third kappa shape index (κ3) is 6.47. The highest BCUT2D eigenvalue weighted by Gasteiger charge is 2.19. The van der Waals surface area contributed by atoms with Gasteiger partial charge in [0.2, 0.25) is 0 Å². The Morgan fingerprint density at radius 2 is 1.90 bits per heavy atom. The van der Waals surface area contributed by atoms with Crippen LogP contribution in [0.2, 0.25) is 0 Å². The molecule has 2 heterocycles. The smallest absolute Gasteiger partial charge is 0.193 e. The van der Waals surface area contributed by atoms with E-state index in [-0.39, 0.29) is 24.0 Å². The molecule has 0 aliphatic carbocycles. The second-order valence-electron chi connectivity index (χ2n) is 7.23. The fourth-order valence-electron chi connectivity index (χ4n) is 3.31. The van der Waals surface area contributed by atoms with Crippen molar-refractivity contribution < 1.29 is 4.74 Å². The lowest BCUT2D eigenvalue weighted by atomic mass is 10.2. The molecule has 160 valence electrons. The summed E-state index contributed by atoms with van der Waals surface area (Å²) in [5.41, 5.74) is 2.41. The zero-order chi connectivity index (χ0) is 19.9. The van der Waals surface area contributed by atoms with Gasteiger partial charge < -0.3 is 19.9 Å². The third-order valence-electron chi connectivity index (χ3n) is 4.96.